The number of benzene rings is 9. The fourth-order valence-corrected chi connectivity index (χ4v) is 8.23. The van der Waals surface area contributed by atoms with Crippen LogP contribution in [0.5, 0.6) is 0 Å². The summed E-state index contributed by atoms with van der Waals surface area (Å²) in [5.41, 5.74) is 16.4. The summed E-state index contributed by atoms with van der Waals surface area (Å²) < 4.78 is 2.39. The van der Waals surface area contributed by atoms with Gasteiger partial charge in [0.2, 0.25) is 0 Å². The maximum Gasteiger partial charge on any atom is 0.0562 e. The number of rotatable bonds is 8. The van der Waals surface area contributed by atoms with E-state index in [0.717, 1.165) is 39.4 Å². The lowest BCUT2D eigenvalue weighted by Crippen LogP contribution is -2.11. The van der Waals surface area contributed by atoms with Crippen molar-refractivity contribution in [1.82, 2.24) is 4.57 Å². The lowest BCUT2D eigenvalue weighted by Gasteiger charge is -2.29. The molecule has 0 amide bonds. The van der Waals surface area contributed by atoms with Crippen LogP contribution in [0.25, 0.3) is 72.0 Å². The molecule has 0 bridgehead atoms. The van der Waals surface area contributed by atoms with Gasteiger partial charge in [0.25, 0.3) is 0 Å². The number of hydrogen-bond acceptors (Lipinski definition) is 1. The van der Waals surface area contributed by atoms with Gasteiger partial charge in [-0.2, -0.15) is 0 Å². The first kappa shape index (κ1) is 33.2. The van der Waals surface area contributed by atoms with Gasteiger partial charge in [-0.1, -0.05) is 182 Å². The van der Waals surface area contributed by atoms with Crippen LogP contribution in [0.2, 0.25) is 0 Å². The number of nitrogens with zero attached hydrogens (tertiary/aromatic N) is 2. The molecular formula is C54H38N2. The zero-order valence-electron chi connectivity index (χ0n) is 30.8. The molecule has 0 atom stereocenters. The highest BCUT2D eigenvalue weighted by Gasteiger charge is 2.23. The third-order valence-electron chi connectivity index (χ3n) is 10.8. The zero-order valence-corrected chi connectivity index (χ0v) is 30.8. The number of fused-ring (bicyclic) bond motifs is 3. The van der Waals surface area contributed by atoms with Crippen molar-refractivity contribution >= 4 is 38.9 Å². The molecule has 10 aromatic rings. The summed E-state index contributed by atoms with van der Waals surface area (Å²) >= 11 is 0. The predicted octanol–water partition coefficient (Wildman–Crippen LogP) is 14.9. The van der Waals surface area contributed by atoms with E-state index in [-0.39, 0.29) is 0 Å². The number of hydrogen-bond donors (Lipinski definition) is 0. The maximum atomic E-state index is 2.46. The molecule has 9 aromatic carbocycles. The molecule has 0 aliphatic heterocycles. The molecule has 0 fully saturated rings. The second-order valence-corrected chi connectivity index (χ2v) is 14.1. The van der Waals surface area contributed by atoms with Crippen molar-refractivity contribution in [3.63, 3.8) is 0 Å². The van der Waals surface area contributed by atoms with Crippen LogP contribution in [0.4, 0.5) is 17.1 Å². The molecule has 0 aliphatic carbocycles. The van der Waals surface area contributed by atoms with Gasteiger partial charge in [0.05, 0.1) is 22.4 Å². The van der Waals surface area contributed by atoms with Crippen molar-refractivity contribution in [2.24, 2.45) is 0 Å². The van der Waals surface area contributed by atoms with E-state index in [1.54, 1.807) is 0 Å². The lowest BCUT2D eigenvalue weighted by atomic mass is 9.94. The molecule has 264 valence electrons. The highest BCUT2D eigenvalue weighted by Crippen LogP contribution is 2.47. The monoisotopic (exact) mass is 714 g/mol. The van der Waals surface area contributed by atoms with Crippen LogP contribution in [0.15, 0.2) is 231 Å². The summed E-state index contributed by atoms with van der Waals surface area (Å²) in [4.78, 5) is 2.46. The fraction of sp³-hybridized carbons (Fsp3) is 0. The molecule has 10 rings (SSSR count). The summed E-state index contributed by atoms with van der Waals surface area (Å²) in [6.07, 6.45) is 0. The van der Waals surface area contributed by atoms with E-state index in [1.807, 2.05) is 0 Å². The summed E-state index contributed by atoms with van der Waals surface area (Å²) in [7, 11) is 0. The van der Waals surface area contributed by atoms with Crippen molar-refractivity contribution in [1.29, 1.82) is 0 Å². The Bertz CT molecular complexity index is 2930. The van der Waals surface area contributed by atoms with E-state index >= 15 is 0 Å². The Balaban J connectivity index is 1.18. The van der Waals surface area contributed by atoms with Crippen molar-refractivity contribution in [2.45, 2.75) is 0 Å². The van der Waals surface area contributed by atoms with Gasteiger partial charge < -0.3 is 9.47 Å². The number of anilines is 3. The van der Waals surface area contributed by atoms with Crippen LogP contribution in [0, 0.1) is 0 Å². The molecule has 0 unspecified atom stereocenters. The summed E-state index contributed by atoms with van der Waals surface area (Å²) in [5, 5.41) is 2.42. The fourth-order valence-electron chi connectivity index (χ4n) is 8.23. The minimum absolute atomic E-state index is 1.09. The largest absolute Gasteiger partial charge is 0.309 e. The molecule has 0 N–H and O–H groups in total. The molecular weight excluding hydrogens is 677 g/mol. The molecule has 0 saturated carbocycles. The van der Waals surface area contributed by atoms with Crippen molar-refractivity contribution in [2.75, 3.05) is 4.90 Å². The normalized spacial score (nSPS) is 11.2. The Morgan fingerprint density at radius 3 is 1.43 bits per heavy atom. The molecule has 2 heteroatoms. The Morgan fingerprint density at radius 1 is 0.286 bits per heavy atom. The van der Waals surface area contributed by atoms with Gasteiger partial charge in [-0.15, -0.1) is 0 Å². The van der Waals surface area contributed by atoms with Crippen LogP contribution in [0.1, 0.15) is 0 Å². The minimum atomic E-state index is 1.09. The molecule has 0 radical (unpaired) electrons. The van der Waals surface area contributed by atoms with E-state index in [4.69, 9.17) is 0 Å². The van der Waals surface area contributed by atoms with Crippen LogP contribution in [-0.2, 0) is 0 Å². The van der Waals surface area contributed by atoms with E-state index in [9.17, 15) is 0 Å². The van der Waals surface area contributed by atoms with Crippen LogP contribution in [-0.4, -0.2) is 4.57 Å². The predicted molar refractivity (Wildman–Crippen MR) is 237 cm³/mol. The van der Waals surface area contributed by atoms with Gasteiger partial charge in [-0.05, 0) is 87.5 Å². The molecule has 56 heavy (non-hydrogen) atoms. The lowest BCUT2D eigenvalue weighted by molar-refractivity contribution is 1.18. The van der Waals surface area contributed by atoms with E-state index in [0.29, 0.717) is 0 Å². The third-order valence-corrected chi connectivity index (χ3v) is 10.8. The Labute approximate surface area is 327 Å². The van der Waals surface area contributed by atoms with Crippen LogP contribution < -0.4 is 4.90 Å². The first-order chi connectivity index (χ1) is 27.8. The first-order valence-corrected chi connectivity index (χ1v) is 19.2. The van der Waals surface area contributed by atoms with Crippen molar-refractivity contribution in [3.05, 3.63) is 231 Å². The van der Waals surface area contributed by atoms with E-state index in [2.05, 4.69) is 240 Å². The van der Waals surface area contributed by atoms with Crippen molar-refractivity contribution in [3.8, 4) is 50.2 Å². The number of para-hydroxylation sites is 3. The molecule has 0 saturated heterocycles. The first-order valence-electron chi connectivity index (χ1n) is 19.2. The molecule has 0 spiro atoms. The summed E-state index contributed by atoms with van der Waals surface area (Å²) in [6, 6.07) is 83.0. The second kappa shape index (κ2) is 14.4. The van der Waals surface area contributed by atoms with Gasteiger partial charge in [0.15, 0.2) is 0 Å². The topological polar surface area (TPSA) is 8.17 Å². The van der Waals surface area contributed by atoms with Gasteiger partial charge >= 0.3 is 0 Å². The Kier molecular flexibility index (Phi) is 8.55. The van der Waals surface area contributed by atoms with E-state index in [1.165, 1.54) is 49.7 Å². The van der Waals surface area contributed by atoms with E-state index < -0.39 is 0 Å². The number of aromatic nitrogens is 1. The summed E-state index contributed by atoms with van der Waals surface area (Å²) in [5.74, 6) is 0. The van der Waals surface area contributed by atoms with Gasteiger partial charge in [-0.25, -0.2) is 0 Å². The molecule has 1 aromatic heterocycles. The second-order valence-electron chi connectivity index (χ2n) is 14.1. The van der Waals surface area contributed by atoms with Crippen LogP contribution >= 0.6 is 0 Å². The summed E-state index contributed by atoms with van der Waals surface area (Å²) in [6.45, 7) is 0. The van der Waals surface area contributed by atoms with Gasteiger partial charge in [-0.3, -0.25) is 0 Å². The van der Waals surface area contributed by atoms with Crippen LogP contribution in [0.3, 0.4) is 0 Å². The Morgan fingerprint density at radius 2 is 0.732 bits per heavy atom. The smallest absolute Gasteiger partial charge is 0.0562 e. The highest BCUT2D eigenvalue weighted by molar-refractivity contribution is 6.17. The Hall–Kier alpha value is -7.42. The highest BCUT2D eigenvalue weighted by atomic mass is 15.1. The SMILES string of the molecule is c1ccc(-c2ccc(-c3ccccc3N(c3ccc(-c4ccccc4-c4ccccc4)cc3)c3cccc4c3c3ccccc3n4-c3ccccc3)cc2)cc1. The maximum absolute atomic E-state index is 2.46. The standard InChI is InChI=1S/C54H38N2/c1-4-17-39(18-5-1)40-31-33-43(34-32-40)48-25-12-14-27-50(48)56(45-37-35-42(36-38-45)47-24-11-10-23-46(47)41-19-6-2-7-20-41)53-30-16-29-52-54(53)49-26-13-15-28-51(49)55(52)44-21-8-3-9-22-44/h1-38H. The third kappa shape index (κ3) is 5.95. The molecule has 1 heterocycles. The molecule has 2 nitrogen and oxygen atoms in total. The molecule has 0 aliphatic rings. The minimum Gasteiger partial charge on any atom is -0.309 e. The zero-order chi connectivity index (χ0) is 37.3. The average molecular weight is 715 g/mol. The van der Waals surface area contributed by atoms with Crippen molar-refractivity contribution < 1.29 is 0 Å². The van der Waals surface area contributed by atoms with Gasteiger partial charge in [0.1, 0.15) is 0 Å². The van der Waals surface area contributed by atoms with Gasteiger partial charge in [0, 0.05) is 27.7 Å². The quantitative estimate of drug-likeness (QED) is 0.152. The average Bonchev–Trinajstić information content (AvgIpc) is 3.63.